The minimum absolute atomic E-state index is 0.267. The minimum atomic E-state index is -0.267. The number of rotatable bonds is 3. The molecule has 112 valence electrons. The Bertz CT molecular complexity index is 782. The van der Waals surface area contributed by atoms with Gasteiger partial charge in [0, 0.05) is 5.56 Å². The van der Waals surface area contributed by atoms with E-state index in [-0.39, 0.29) is 5.91 Å². The Morgan fingerprint density at radius 3 is 2.68 bits per heavy atom. The molecule has 0 saturated carbocycles. The number of hydrogen-bond acceptors (Lipinski definition) is 3. The van der Waals surface area contributed by atoms with Crippen molar-refractivity contribution < 1.29 is 4.79 Å². The maximum Gasteiger partial charge on any atom is 0.273 e. The van der Waals surface area contributed by atoms with Crippen LogP contribution in [0.3, 0.4) is 0 Å². The molecule has 0 radical (unpaired) electrons. The standard InChI is InChI=1S/C15H13ClN4OS/c1-9-11(7-12-14(21)18-15(22)17-12)13(16)20(19-9)8-10-5-3-2-4-6-10/h2-7H,8H2,1H3,(H2,17,18,21,22)/b12-7-. The Hall–Kier alpha value is -2.18. The van der Waals surface area contributed by atoms with Crippen LogP contribution in [-0.2, 0) is 11.3 Å². The van der Waals surface area contributed by atoms with E-state index in [4.69, 9.17) is 23.8 Å². The molecule has 2 heterocycles. The van der Waals surface area contributed by atoms with Gasteiger partial charge in [-0.2, -0.15) is 5.10 Å². The molecule has 1 aromatic heterocycles. The average Bonchev–Trinajstić information content (AvgIpc) is 2.94. The lowest BCUT2D eigenvalue weighted by Gasteiger charge is -2.03. The number of halogens is 1. The van der Waals surface area contributed by atoms with E-state index in [1.165, 1.54) is 0 Å². The fraction of sp³-hybridized carbons (Fsp3) is 0.133. The largest absolute Gasteiger partial charge is 0.328 e. The third-order valence-corrected chi connectivity index (χ3v) is 3.90. The van der Waals surface area contributed by atoms with Crippen LogP contribution in [0.25, 0.3) is 6.08 Å². The van der Waals surface area contributed by atoms with Gasteiger partial charge in [0.1, 0.15) is 10.9 Å². The van der Waals surface area contributed by atoms with Gasteiger partial charge in [0.2, 0.25) is 0 Å². The van der Waals surface area contributed by atoms with Crippen molar-refractivity contribution in [3.63, 3.8) is 0 Å². The highest BCUT2D eigenvalue weighted by atomic mass is 35.5. The number of carbonyl (C=O) groups excluding carboxylic acids is 1. The van der Waals surface area contributed by atoms with Crippen molar-refractivity contribution in [3.05, 3.63) is 58.0 Å². The first-order valence-electron chi connectivity index (χ1n) is 6.65. The smallest absolute Gasteiger partial charge is 0.273 e. The molecule has 2 N–H and O–H groups in total. The highest BCUT2D eigenvalue weighted by molar-refractivity contribution is 7.80. The molecular formula is C15H13ClN4OS. The Kier molecular flexibility index (Phi) is 3.96. The summed E-state index contributed by atoms with van der Waals surface area (Å²) < 4.78 is 1.71. The van der Waals surface area contributed by atoms with Crippen molar-refractivity contribution in [2.24, 2.45) is 0 Å². The summed E-state index contributed by atoms with van der Waals surface area (Å²) in [7, 11) is 0. The van der Waals surface area contributed by atoms with Crippen molar-refractivity contribution in [2.45, 2.75) is 13.5 Å². The summed E-state index contributed by atoms with van der Waals surface area (Å²) in [5.41, 5.74) is 2.93. The van der Waals surface area contributed by atoms with Crippen LogP contribution in [0.2, 0.25) is 5.15 Å². The number of hydrogen-bond donors (Lipinski definition) is 2. The molecular weight excluding hydrogens is 320 g/mol. The molecule has 7 heteroatoms. The number of thiocarbonyl (C=S) groups is 1. The summed E-state index contributed by atoms with van der Waals surface area (Å²) in [6, 6.07) is 9.92. The van der Waals surface area contributed by atoms with E-state index in [2.05, 4.69) is 15.7 Å². The van der Waals surface area contributed by atoms with E-state index < -0.39 is 0 Å². The van der Waals surface area contributed by atoms with Gasteiger partial charge in [0.25, 0.3) is 5.91 Å². The van der Waals surface area contributed by atoms with E-state index in [9.17, 15) is 4.79 Å². The molecule has 0 aliphatic carbocycles. The Morgan fingerprint density at radius 1 is 1.32 bits per heavy atom. The first-order chi connectivity index (χ1) is 10.5. The number of aryl methyl sites for hydroxylation is 1. The first-order valence-corrected chi connectivity index (χ1v) is 7.44. The van der Waals surface area contributed by atoms with Crippen LogP contribution in [0, 0.1) is 6.92 Å². The Balaban J connectivity index is 1.92. The number of benzene rings is 1. The molecule has 2 aromatic rings. The maximum absolute atomic E-state index is 11.7. The van der Waals surface area contributed by atoms with Crippen molar-refractivity contribution in [2.75, 3.05) is 0 Å². The molecule has 1 saturated heterocycles. The summed E-state index contributed by atoms with van der Waals surface area (Å²) in [4.78, 5) is 11.7. The molecule has 0 spiro atoms. The van der Waals surface area contributed by atoms with Gasteiger partial charge in [-0.3, -0.25) is 10.1 Å². The number of aromatic nitrogens is 2. The molecule has 1 aromatic carbocycles. The van der Waals surface area contributed by atoms with Crippen molar-refractivity contribution in [1.82, 2.24) is 20.4 Å². The number of carbonyl (C=O) groups is 1. The summed E-state index contributed by atoms with van der Waals surface area (Å²) in [6.07, 6.45) is 1.67. The van der Waals surface area contributed by atoms with Crippen LogP contribution in [0.5, 0.6) is 0 Å². The lowest BCUT2D eigenvalue weighted by Crippen LogP contribution is -2.21. The third kappa shape index (κ3) is 2.88. The molecule has 3 rings (SSSR count). The fourth-order valence-electron chi connectivity index (χ4n) is 2.22. The zero-order valence-electron chi connectivity index (χ0n) is 11.8. The lowest BCUT2D eigenvalue weighted by atomic mass is 10.2. The van der Waals surface area contributed by atoms with Crippen LogP contribution in [0.15, 0.2) is 36.0 Å². The Morgan fingerprint density at radius 2 is 2.05 bits per heavy atom. The van der Waals surface area contributed by atoms with E-state index in [1.807, 2.05) is 37.3 Å². The number of nitrogens with zero attached hydrogens (tertiary/aromatic N) is 2. The number of amides is 1. The summed E-state index contributed by atoms with van der Waals surface area (Å²) in [5, 5.41) is 10.5. The van der Waals surface area contributed by atoms with Crippen molar-refractivity contribution in [1.29, 1.82) is 0 Å². The van der Waals surface area contributed by atoms with Gasteiger partial charge in [0.15, 0.2) is 5.11 Å². The summed E-state index contributed by atoms with van der Waals surface area (Å²) in [6.45, 7) is 2.42. The average molecular weight is 333 g/mol. The van der Waals surface area contributed by atoms with Crippen molar-refractivity contribution in [3.8, 4) is 0 Å². The third-order valence-electron chi connectivity index (χ3n) is 3.29. The molecule has 0 atom stereocenters. The predicted octanol–water partition coefficient (Wildman–Crippen LogP) is 2.24. The summed E-state index contributed by atoms with van der Waals surface area (Å²) in [5.74, 6) is -0.267. The van der Waals surface area contributed by atoms with Gasteiger partial charge in [-0.1, -0.05) is 41.9 Å². The molecule has 1 aliphatic rings. The first kappa shape index (κ1) is 14.7. The second kappa shape index (κ2) is 5.90. The van der Waals surface area contributed by atoms with Gasteiger partial charge in [0.05, 0.1) is 12.2 Å². The lowest BCUT2D eigenvalue weighted by molar-refractivity contribution is -0.115. The zero-order chi connectivity index (χ0) is 15.7. The highest BCUT2D eigenvalue weighted by Crippen LogP contribution is 2.23. The van der Waals surface area contributed by atoms with E-state index in [0.29, 0.717) is 28.1 Å². The van der Waals surface area contributed by atoms with Crippen LogP contribution in [-0.4, -0.2) is 20.8 Å². The van der Waals surface area contributed by atoms with Crippen LogP contribution in [0.1, 0.15) is 16.8 Å². The molecule has 1 aliphatic heterocycles. The maximum atomic E-state index is 11.7. The minimum Gasteiger partial charge on any atom is -0.328 e. The van der Waals surface area contributed by atoms with Gasteiger partial charge < -0.3 is 5.32 Å². The number of nitrogens with one attached hydrogen (secondary N) is 2. The molecule has 1 fully saturated rings. The van der Waals surface area contributed by atoms with E-state index in [1.54, 1.807) is 10.8 Å². The fourth-order valence-corrected chi connectivity index (χ4v) is 2.71. The summed E-state index contributed by atoms with van der Waals surface area (Å²) >= 11 is 11.3. The molecule has 5 nitrogen and oxygen atoms in total. The van der Waals surface area contributed by atoms with Gasteiger partial charge in [-0.15, -0.1) is 0 Å². The van der Waals surface area contributed by atoms with Crippen molar-refractivity contribution >= 4 is 40.9 Å². The topological polar surface area (TPSA) is 59.0 Å². The van der Waals surface area contributed by atoms with Gasteiger partial charge in [-0.25, -0.2) is 4.68 Å². The van der Waals surface area contributed by atoms with Crippen LogP contribution < -0.4 is 10.6 Å². The van der Waals surface area contributed by atoms with E-state index >= 15 is 0 Å². The monoisotopic (exact) mass is 332 g/mol. The predicted molar refractivity (Wildman–Crippen MR) is 89.4 cm³/mol. The van der Waals surface area contributed by atoms with Gasteiger partial charge in [-0.05, 0) is 30.8 Å². The normalized spacial score (nSPS) is 16.0. The van der Waals surface area contributed by atoms with Crippen LogP contribution in [0.4, 0.5) is 0 Å². The highest BCUT2D eigenvalue weighted by Gasteiger charge is 2.22. The molecule has 1 amide bonds. The van der Waals surface area contributed by atoms with Gasteiger partial charge >= 0.3 is 0 Å². The SMILES string of the molecule is Cc1nn(Cc2ccccc2)c(Cl)c1/C=C1\NC(=S)NC1=O. The Labute approximate surface area is 138 Å². The molecule has 0 unspecified atom stereocenters. The second-order valence-electron chi connectivity index (χ2n) is 4.90. The molecule has 22 heavy (non-hydrogen) atoms. The molecule has 0 bridgehead atoms. The van der Waals surface area contributed by atoms with Crippen LogP contribution >= 0.6 is 23.8 Å². The second-order valence-corrected chi connectivity index (χ2v) is 5.67. The quantitative estimate of drug-likeness (QED) is 0.668. The zero-order valence-corrected chi connectivity index (χ0v) is 13.3. The van der Waals surface area contributed by atoms with E-state index in [0.717, 1.165) is 11.3 Å².